The van der Waals surface area contributed by atoms with Gasteiger partial charge in [0, 0.05) is 18.0 Å². The molecule has 1 atom stereocenters. The summed E-state index contributed by atoms with van der Waals surface area (Å²) in [4.78, 5) is 8.53. The Morgan fingerprint density at radius 1 is 1.31 bits per heavy atom. The van der Waals surface area contributed by atoms with Crippen molar-refractivity contribution in [3.63, 3.8) is 0 Å². The van der Waals surface area contributed by atoms with Crippen LogP contribution in [0.2, 0.25) is 0 Å². The van der Waals surface area contributed by atoms with Gasteiger partial charge in [0.25, 0.3) is 0 Å². The van der Waals surface area contributed by atoms with Crippen molar-refractivity contribution in [3.8, 4) is 0 Å². The van der Waals surface area contributed by atoms with Gasteiger partial charge in [-0.2, -0.15) is 0 Å². The van der Waals surface area contributed by atoms with Crippen LogP contribution in [0.15, 0.2) is 41.7 Å². The van der Waals surface area contributed by atoms with Crippen LogP contribution in [0.1, 0.15) is 18.9 Å². The second kappa shape index (κ2) is 3.52. The van der Waals surface area contributed by atoms with Crippen LogP contribution in [0.25, 0.3) is 0 Å². The van der Waals surface area contributed by atoms with E-state index in [0.29, 0.717) is 6.04 Å². The zero-order valence-electron chi connectivity index (χ0n) is 7.64. The molecule has 2 rings (SSSR count). The van der Waals surface area contributed by atoms with Crippen LogP contribution < -0.4 is 0 Å². The third-order valence-electron chi connectivity index (χ3n) is 2.09. The first-order valence-electron chi connectivity index (χ1n) is 4.51. The number of aliphatic imine (C=N–C) groups is 1. The lowest BCUT2D eigenvalue weighted by Gasteiger charge is -2.11. The topological polar surface area (TPSA) is 25.2 Å². The zero-order valence-corrected chi connectivity index (χ0v) is 7.64. The molecule has 13 heavy (non-hydrogen) atoms. The van der Waals surface area contributed by atoms with Gasteiger partial charge in [0.2, 0.25) is 0 Å². The van der Waals surface area contributed by atoms with E-state index in [4.69, 9.17) is 0 Å². The maximum atomic E-state index is 4.55. The van der Waals surface area contributed by atoms with Gasteiger partial charge in [-0.25, -0.2) is 0 Å². The van der Waals surface area contributed by atoms with E-state index in [2.05, 4.69) is 29.1 Å². The predicted molar refractivity (Wildman–Crippen MR) is 54.0 cm³/mol. The van der Waals surface area contributed by atoms with E-state index >= 15 is 0 Å². The van der Waals surface area contributed by atoms with Gasteiger partial charge in [-0.3, -0.25) is 9.98 Å². The molecule has 2 heterocycles. The van der Waals surface area contributed by atoms with Crippen LogP contribution in [-0.4, -0.2) is 16.7 Å². The van der Waals surface area contributed by atoms with Crippen molar-refractivity contribution >= 4 is 5.71 Å². The average Bonchev–Trinajstić information content (AvgIpc) is 2.19. The Balaban J connectivity index is 2.32. The Hall–Kier alpha value is -1.44. The highest BCUT2D eigenvalue weighted by Crippen LogP contribution is 2.10. The summed E-state index contributed by atoms with van der Waals surface area (Å²) in [7, 11) is 0. The van der Waals surface area contributed by atoms with E-state index in [9.17, 15) is 0 Å². The zero-order chi connectivity index (χ0) is 9.10. The van der Waals surface area contributed by atoms with Gasteiger partial charge in [-0.1, -0.05) is 6.08 Å². The van der Waals surface area contributed by atoms with Gasteiger partial charge >= 0.3 is 0 Å². The summed E-state index contributed by atoms with van der Waals surface area (Å²) in [5.41, 5.74) is 2.22. The molecule has 1 unspecified atom stereocenters. The van der Waals surface area contributed by atoms with E-state index in [1.54, 1.807) is 12.4 Å². The number of allylic oxidation sites excluding steroid dienone is 1. The monoisotopic (exact) mass is 172 g/mol. The Morgan fingerprint density at radius 3 is 2.77 bits per heavy atom. The SMILES string of the molecule is CC1CC=CC(c2ccncc2)=N1. The standard InChI is InChI=1S/C11H12N2/c1-9-3-2-4-11(13-9)10-5-7-12-8-6-10/h2,4-9H,3H2,1H3. The fourth-order valence-electron chi connectivity index (χ4n) is 1.40. The first-order valence-corrected chi connectivity index (χ1v) is 4.51. The molecule has 0 radical (unpaired) electrons. The number of hydrogen-bond donors (Lipinski definition) is 0. The van der Waals surface area contributed by atoms with Crippen molar-refractivity contribution in [1.82, 2.24) is 4.98 Å². The fraction of sp³-hybridized carbons (Fsp3) is 0.273. The average molecular weight is 172 g/mol. The maximum Gasteiger partial charge on any atom is 0.0647 e. The number of dihydropyridines is 1. The fourth-order valence-corrected chi connectivity index (χ4v) is 1.40. The van der Waals surface area contributed by atoms with Crippen molar-refractivity contribution in [1.29, 1.82) is 0 Å². The summed E-state index contributed by atoms with van der Waals surface area (Å²) in [5, 5.41) is 0. The number of nitrogens with zero attached hydrogens (tertiary/aromatic N) is 2. The summed E-state index contributed by atoms with van der Waals surface area (Å²) in [6, 6.07) is 4.38. The maximum absolute atomic E-state index is 4.55. The van der Waals surface area contributed by atoms with E-state index in [1.807, 2.05) is 12.1 Å². The Kier molecular flexibility index (Phi) is 2.21. The highest BCUT2D eigenvalue weighted by atomic mass is 14.8. The Labute approximate surface area is 78.0 Å². The van der Waals surface area contributed by atoms with Crippen molar-refractivity contribution in [2.75, 3.05) is 0 Å². The Bertz CT molecular complexity index is 338. The van der Waals surface area contributed by atoms with Crippen LogP contribution in [0.4, 0.5) is 0 Å². The minimum Gasteiger partial charge on any atom is -0.281 e. The molecule has 66 valence electrons. The lowest BCUT2D eigenvalue weighted by atomic mass is 10.1. The minimum atomic E-state index is 0.410. The molecule has 2 heteroatoms. The molecule has 1 aromatic heterocycles. The number of hydrogen-bond acceptors (Lipinski definition) is 2. The lowest BCUT2D eigenvalue weighted by Crippen LogP contribution is -2.08. The molecule has 1 aliphatic heterocycles. The molecule has 0 aromatic carbocycles. The molecule has 0 saturated heterocycles. The molecule has 0 N–H and O–H groups in total. The predicted octanol–water partition coefficient (Wildman–Crippen LogP) is 2.22. The second-order valence-corrected chi connectivity index (χ2v) is 3.24. The molecule has 0 bridgehead atoms. The van der Waals surface area contributed by atoms with Crippen molar-refractivity contribution in [3.05, 3.63) is 42.2 Å². The van der Waals surface area contributed by atoms with Crippen LogP contribution in [-0.2, 0) is 0 Å². The number of aromatic nitrogens is 1. The van der Waals surface area contributed by atoms with E-state index in [0.717, 1.165) is 17.7 Å². The molecule has 0 spiro atoms. The smallest absolute Gasteiger partial charge is 0.0647 e. The van der Waals surface area contributed by atoms with Crippen LogP contribution in [0, 0.1) is 0 Å². The van der Waals surface area contributed by atoms with E-state index < -0.39 is 0 Å². The van der Waals surface area contributed by atoms with Gasteiger partial charge in [-0.05, 0) is 31.6 Å². The van der Waals surface area contributed by atoms with Gasteiger partial charge < -0.3 is 0 Å². The molecular weight excluding hydrogens is 160 g/mol. The van der Waals surface area contributed by atoms with Crippen LogP contribution >= 0.6 is 0 Å². The quantitative estimate of drug-likeness (QED) is 0.637. The van der Waals surface area contributed by atoms with E-state index in [1.165, 1.54) is 0 Å². The van der Waals surface area contributed by atoms with Crippen LogP contribution in [0.5, 0.6) is 0 Å². The third-order valence-corrected chi connectivity index (χ3v) is 2.09. The first kappa shape index (κ1) is 8.17. The molecule has 0 aliphatic carbocycles. The van der Waals surface area contributed by atoms with Crippen molar-refractivity contribution in [2.24, 2.45) is 4.99 Å². The normalized spacial score (nSPS) is 21.3. The first-order chi connectivity index (χ1) is 6.36. The number of pyridine rings is 1. The van der Waals surface area contributed by atoms with Gasteiger partial charge in [0.1, 0.15) is 0 Å². The van der Waals surface area contributed by atoms with Crippen LogP contribution in [0.3, 0.4) is 0 Å². The van der Waals surface area contributed by atoms with E-state index in [-0.39, 0.29) is 0 Å². The summed E-state index contributed by atoms with van der Waals surface area (Å²) >= 11 is 0. The molecule has 0 fully saturated rings. The molecule has 1 aliphatic rings. The minimum absolute atomic E-state index is 0.410. The lowest BCUT2D eigenvalue weighted by molar-refractivity contribution is 0.753. The van der Waals surface area contributed by atoms with Crippen molar-refractivity contribution < 1.29 is 0 Å². The largest absolute Gasteiger partial charge is 0.281 e. The van der Waals surface area contributed by atoms with Gasteiger partial charge in [0.05, 0.1) is 11.8 Å². The number of rotatable bonds is 1. The summed E-state index contributed by atoms with van der Waals surface area (Å²) in [5.74, 6) is 0. The summed E-state index contributed by atoms with van der Waals surface area (Å²) in [6.07, 6.45) is 8.90. The van der Waals surface area contributed by atoms with Gasteiger partial charge in [0.15, 0.2) is 0 Å². The Morgan fingerprint density at radius 2 is 2.08 bits per heavy atom. The summed E-state index contributed by atoms with van der Waals surface area (Å²) in [6.45, 7) is 2.13. The van der Waals surface area contributed by atoms with Crippen molar-refractivity contribution in [2.45, 2.75) is 19.4 Å². The molecule has 1 aromatic rings. The molecule has 0 saturated carbocycles. The molecular formula is C11H12N2. The molecule has 0 amide bonds. The molecule has 2 nitrogen and oxygen atoms in total. The highest BCUT2D eigenvalue weighted by molar-refractivity contribution is 6.09. The highest BCUT2D eigenvalue weighted by Gasteiger charge is 2.06. The third kappa shape index (κ3) is 1.83. The van der Waals surface area contributed by atoms with Gasteiger partial charge in [-0.15, -0.1) is 0 Å². The second-order valence-electron chi connectivity index (χ2n) is 3.24. The summed E-state index contributed by atoms with van der Waals surface area (Å²) < 4.78 is 0.